The van der Waals surface area contributed by atoms with E-state index in [0.29, 0.717) is 45.1 Å². The Labute approximate surface area is 188 Å². The summed E-state index contributed by atoms with van der Waals surface area (Å²) < 4.78 is 11.5. The van der Waals surface area contributed by atoms with E-state index in [-0.39, 0.29) is 17.7 Å². The standard InChI is InChI=1S/C25H29N3O4/c1-31-21-8-6-19(7-9-21)15-27-11-12-32-25(24(27)30)17-28(23(29)13-18-4-5-18)16-22(25)20-3-2-10-26-14-20/h2-3,6-10,14,18,22H,4-5,11-13,15-17H2,1H3/t22-,25-/m0/s1. The normalized spacial score (nSPS) is 25.4. The topological polar surface area (TPSA) is 72.0 Å². The average molecular weight is 436 g/mol. The van der Waals surface area contributed by atoms with Crippen molar-refractivity contribution in [2.24, 2.45) is 5.92 Å². The largest absolute Gasteiger partial charge is 0.497 e. The summed E-state index contributed by atoms with van der Waals surface area (Å²) in [6.07, 6.45) is 6.34. The zero-order valence-electron chi connectivity index (χ0n) is 18.4. The summed E-state index contributed by atoms with van der Waals surface area (Å²) in [5.74, 6) is 1.14. The molecule has 7 nitrogen and oxygen atoms in total. The summed E-state index contributed by atoms with van der Waals surface area (Å²) in [5, 5.41) is 0. The summed E-state index contributed by atoms with van der Waals surface area (Å²) in [6.45, 7) is 2.27. The van der Waals surface area contributed by atoms with Gasteiger partial charge in [-0.15, -0.1) is 0 Å². The van der Waals surface area contributed by atoms with Crippen molar-refractivity contribution in [1.29, 1.82) is 0 Å². The van der Waals surface area contributed by atoms with Gasteiger partial charge in [0.05, 0.1) is 20.3 Å². The van der Waals surface area contributed by atoms with Crippen LogP contribution in [-0.2, 0) is 20.9 Å². The Morgan fingerprint density at radius 3 is 2.75 bits per heavy atom. The van der Waals surface area contributed by atoms with Crippen molar-refractivity contribution in [2.75, 3.05) is 33.4 Å². The summed E-state index contributed by atoms with van der Waals surface area (Å²) in [5.41, 5.74) is 0.912. The number of morpholine rings is 1. The van der Waals surface area contributed by atoms with Gasteiger partial charge in [-0.2, -0.15) is 0 Å². The van der Waals surface area contributed by atoms with E-state index in [0.717, 1.165) is 29.7 Å². The van der Waals surface area contributed by atoms with Gasteiger partial charge in [0.15, 0.2) is 5.60 Å². The molecule has 2 aromatic rings. The highest BCUT2D eigenvalue weighted by atomic mass is 16.5. The number of benzene rings is 1. The van der Waals surface area contributed by atoms with E-state index in [1.165, 1.54) is 0 Å². The molecule has 0 unspecified atom stereocenters. The minimum absolute atomic E-state index is 0.0462. The van der Waals surface area contributed by atoms with Crippen molar-refractivity contribution in [1.82, 2.24) is 14.8 Å². The Morgan fingerprint density at radius 1 is 1.25 bits per heavy atom. The molecule has 3 heterocycles. The summed E-state index contributed by atoms with van der Waals surface area (Å²) in [4.78, 5) is 34.8. The molecule has 1 aliphatic carbocycles. The van der Waals surface area contributed by atoms with Gasteiger partial charge in [0.2, 0.25) is 5.91 Å². The Balaban J connectivity index is 1.41. The van der Waals surface area contributed by atoms with Crippen LogP contribution >= 0.6 is 0 Å². The van der Waals surface area contributed by atoms with Crippen molar-refractivity contribution in [3.63, 3.8) is 0 Å². The quantitative estimate of drug-likeness (QED) is 0.698. The number of ether oxygens (including phenoxy) is 2. The average Bonchev–Trinajstić information content (AvgIpc) is 3.56. The second-order valence-electron chi connectivity index (χ2n) is 9.07. The number of nitrogens with zero attached hydrogens (tertiary/aromatic N) is 3. The van der Waals surface area contributed by atoms with Gasteiger partial charge < -0.3 is 19.3 Å². The number of pyridine rings is 1. The molecule has 3 aliphatic rings. The van der Waals surface area contributed by atoms with Crippen molar-refractivity contribution in [3.05, 3.63) is 59.9 Å². The fourth-order valence-electron chi connectivity index (χ4n) is 4.90. The zero-order chi connectivity index (χ0) is 22.1. The van der Waals surface area contributed by atoms with Crippen LogP contribution in [-0.4, -0.2) is 65.6 Å². The molecule has 0 N–H and O–H groups in total. The SMILES string of the molecule is COc1ccc(CN2CCO[C@]3(CN(C(=O)CC4CC4)C[C@H]3c3cccnc3)C2=O)cc1. The summed E-state index contributed by atoms with van der Waals surface area (Å²) >= 11 is 0. The molecule has 2 atom stereocenters. The second-order valence-corrected chi connectivity index (χ2v) is 9.07. The minimum Gasteiger partial charge on any atom is -0.497 e. The van der Waals surface area contributed by atoms with E-state index < -0.39 is 5.60 Å². The molecule has 1 aromatic heterocycles. The van der Waals surface area contributed by atoms with E-state index in [2.05, 4.69) is 4.98 Å². The van der Waals surface area contributed by atoms with E-state index in [1.807, 2.05) is 46.2 Å². The molecule has 2 amide bonds. The third-order valence-corrected chi connectivity index (χ3v) is 6.89. The smallest absolute Gasteiger partial charge is 0.257 e. The van der Waals surface area contributed by atoms with E-state index in [4.69, 9.17) is 9.47 Å². The first-order valence-corrected chi connectivity index (χ1v) is 11.3. The molecule has 1 aromatic carbocycles. The second kappa shape index (κ2) is 8.54. The number of likely N-dealkylation sites (tertiary alicyclic amines) is 1. The number of carbonyl (C=O) groups excluding carboxylic acids is 2. The first kappa shape index (κ1) is 20.9. The predicted molar refractivity (Wildman–Crippen MR) is 118 cm³/mol. The van der Waals surface area contributed by atoms with Gasteiger partial charge in [0.1, 0.15) is 5.75 Å². The van der Waals surface area contributed by atoms with E-state index >= 15 is 0 Å². The van der Waals surface area contributed by atoms with Crippen molar-refractivity contribution in [2.45, 2.75) is 37.3 Å². The number of carbonyl (C=O) groups is 2. The lowest BCUT2D eigenvalue weighted by Crippen LogP contribution is -2.60. The maximum absolute atomic E-state index is 13.9. The van der Waals surface area contributed by atoms with E-state index in [9.17, 15) is 9.59 Å². The maximum Gasteiger partial charge on any atom is 0.257 e. The molecule has 1 saturated carbocycles. The highest BCUT2D eigenvalue weighted by Gasteiger charge is 2.58. The van der Waals surface area contributed by atoms with Crippen molar-refractivity contribution < 1.29 is 19.1 Å². The first-order chi connectivity index (χ1) is 15.6. The van der Waals surface area contributed by atoms with Crippen LogP contribution in [0.1, 0.15) is 36.3 Å². The van der Waals surface area contributed by atoms with Gasteiger partial charge >= 0.3 is 0 Å². The third kappa shape index (κ3) is 3.97. The van der Waals surface area contributed by atoms with Crippen LogP contribution in [0.15, 0.2) is 48.8 Å². The molecule has 0 radical (unpaired) electrons. The lowest BCUT2D eigenvalue weighted by molar-refractivity contribution is -0.173. The Bertz CT molecular complexity index is 976. The number of hydrogen-bond acceptors (Lipinski definition) is 5. The van der Waals surface area contributed by atoms with Gasteiger partial charge in [0.25, 0.3) is 5.91 Å². The molecule has 7 heteroatoms. The fourth-order valence-corrected chi connectivity index (χ4v) is 4.90. The molecule has 32 heavy (non-hydrogen) atoms. The Hall–Kier alpha value is -2.93. The lowest BCUT2D eigenvalue weighted by atomic mass is 9.83. The number of hydrogen-bond donors (Lipinski definition) is 0. The summed E-state index contributed by atoms with van der Waals surface area (Å²) in [7, 11) is 1.64. The number of aromatic nitrogens is 1. The van der Waals surface area contributed by atoms with E-state index in [1.54, 1.807) is 19.5 Å². The zero-order valence-corrected chi connectivity index (χ0v) is 18.4. The van der Waals surface area contributed by atoms with Gasteiger partial charge in [-0.1, -0.05) is 18.2 Å². The Kier molecular flexibility index (Phi) is 5.59. The van der Waals surface area contributed by atoms with Crippen molar-refractivity contribution >= 4 is 11.8 Å². The molecule has 0 bridgehead atoms. The monoisotopic (exact) mass is 435 g/mol. The molecular weight excluding hydrogens is 406 g/mol. The number of rotatable bonds is 6. The van der Waals surface area contributed by atoms with Gasteiger partial charge in [-0.05, 0) is 48.1 Å². The molecule has 2 aliphatic heterocycles. The number of methoxy groups -OCH3 is 1. The van der Waals surface area contributed by atoms with Crippen LogP contribution in [0.5, 0.6) is 5.75 Å². The maximum atomic E-state index is 13.9. The predicted octanol–water partition coefficient (Wildman–Crippen LogP) is 2.61. The molecular formula is C25H29N3O4. The molecule has 1 spiro atoms. The van der Waals surface area contributed by atoms with Gasteiger partial charge in [-0.3, -0.25) is 14.6 Å². The fraction of sp³-hybridized carbons (Fsp3) is 0.480. The number of amides is 2. The third-order valence-electron chi connectivity index (χ3n) is 6.89. The van der Waals surface area contributed by atoms with Crippen LogP contribution in [0, 0.1) is 5.92 Å². The van der Waals surface area contributed by atoms with Crippen LogP contribution in [0.3, 0.4) is 0 Å². The highest BCUT2D eigenvalue weighted by molar-refractivity contribution is 5.90. The molecule has 168 valence electrons. The van der Waals surface area contributed by atoms with Gasteiger partial charge in [-0.25, -0.2) is 0 Å². The molecule has 5 rings (SSSR count). The van der Waals surface area contributed by atoms with Crippen LogP contribution in [0.4, 0.5) is 0 Å². The van der Waals surface area contributed by atoms with Crippen molar-refractivity contribution in [3.8, 4) is 5.75 Å². The van der Waals surface area contributed by atoms with Crippen LogP contribution in [0.2, 0.25) is 0 Å². The van der Waals surface area contributed by atoms with Gasteiger partial charge in [0, 0.05) is 44.4 Å². The first-order valence-electron chi connectivity index (χ1n) is 11.3. The summed E-state index contributed by atoms with van der Waals surface area (Å²) in [6, 6.07) is 11.6. The highest BCUT2D eigenvalue weighted by Crippen LogP contribution is 2.43. The Morgan fingerprint density at radius 2 is 2.06 bits per heavy atom. The molecule has 2 saturated heterocycles. The molecule has 3 fully saturated rings. The van der Waals surface area contributed by atoms with Crippen LogP contribution < -0.4 is 4.74 Å². The van der Waals surface area contributed by atoms with Crippen LogP contribution in [0.25, 0.3) is 0 Å². The lowest BCUT2D eigenvalue weighted by Gasteiger charge is -2.42. The minimum atomic E-state index is -1.06.